The van der Waals surface area contributed by atoms with Crippen LogP contribution < -0.4 is 0 Å². The van der Waals surface area contributed by atoms with Gasteiger partial charge in [0.1, 0.15) is 6.54 Å². The number of fused-ring (bicyclic) bond motifs is 2. The van der Waals surface area contributed by atoms with E-state index in [4.69, 9.17) is 0 Å². The molecule has 23 heavy (non-hydrogen) atoms. The van der Waals surface area contributed by atoms with Gasteiger partial charge in [-0.3, -0.25) is 9.59 Å². The highest BCUT2D eigenvalue weighted by Crippen LogP contribution is 2.56. The summed E-state index contributed by atoms with van der Waals surface area (Å²) in [6, 6.07) is 3.52. The molecule has 0 aromatic carbocycles. The van der Waals surface area contributed by atoms with Crippen LogP contribution in [0.1, 0.15) is 50.0 Å². The van der Waals surface area contributed by atoms with Gasteiger partial charge in [0.15, 0.2) is 0 Å². The van der Waals surface area contributed by atoms with Crippen molar-refractivity contribution in [1.29, 1.82) is 0 Å². The van der Waals surface area contributed by atoms with Gasteiger partial charge in [0.2, 0.25) is 5.78 Å². The minimum atomic E-state index is -0.518. The van der Waals surface area contributed by atoms with Crippen molar-refractivity contribution in [2.24, 2.45) is 28.3 Å². The Balaban J connectivity index is 1.54. The minimum absolute atomic E-state index is 0.00690. The van der Waals surface area contributed by atoms with Crippen molar-refractivity contribution in [2.75, 3.05) is 6.54 Å². The van der Waals surface area contributed by atoms with Crippen molar-refractivity contribution in [3.05, 3.63) is 24.0 Å². The molecule has 2 fully saturated rings. The fourth-order valence-electron chi connectivity index (χ4n) is 4.96. The molecule has 1 N–H and O–H groups in total. The summed E-state index contributed by atoms with van der Waals surface area (Å²) in [5.74, 6) is 1.74. The number of nitrogens with one attached hydrogen (secondary N) is 1. The van der Waals surface area contributed by atoms with Crippen LogP contribution in [-0.2, 0) is 4.79 Å². The molecular weight excluding hydrogens is 290 g/mol. The maximum absolute atomic E-state index is 13.1. The highest BCUT2D eigenvalue weighted by molar-refractivity contribution is 6.12. The van der Waals surface area contributed by atoms with Crippen LogP contribution >= 0.6 is 0 Å². The number of rotatable bonds is 4. The second kappa shape index (κ2) is 5.05. The average Bonchev–Trinajstić information content (AvgIpc) is 3.30. The van der Waals surface area contributed by atoms with E-state index in [0.717, 1.165) is 18.1 Å². The van der Waals surface area contributed by atoms with E-state index in [9.17, 15) is 9.59 Å². The van der Waals surface area contributed by atoms with Crippen LogP contribution in [0.5, 0.6) is 0 Å². The first-order chi connectivity index (χ1) is 11.0. The lowest BCUT2D eigenvalue weighted by atomic mass is 9.66. The third kappa shape index (κ3) is 2.09. The normalized spacial score (nSPS) is 35.9. The molecule has 2 saturated carbocycles. The Hall–Kier alpha value is -1.91. The predicted octanol–water partition coefficient (Wildman–Crippen LogP) is 2.86. The molecular formula is C18H23N3O2. The lowest BCUT2D eigenvalue weighted by Crippen LogP contribution is -2.45. The Bertz CT molecular complexity index is 678. The molecule has 0 radical (unpaired) electrons. The first kappa shape index (κ1) is 14.7. The maximum atomic E-state index is 13.1. The molecule has 4 rings (SSSR count). The molecule has 2 aliphatic carbocycles. The number of ketones is 1. The summed E-state index contributed by atoms with van der Waals surface area (Å²) < 4.78 is 0. The van der Waals surface area contributed by atoms with Gasteiger partial charge in [-0.05, 0) is 63.0 Å². The van der Waals surface area contributed by atoms with E-state index in [-0.39, 0.29) is 18.2 Å². The largest absolute Gasteiger partial charge is 0.359 e. The molecule has 1 aromatic heterocycles. The Morgan fingerprint density at radius 2 is 2.26 bits per heavy atom. The number of carbonyl (C=O) groups excluding carboxylic acids is 2. The van der Waals surface area contributed by atoms with Gasteiger partial charge >= 0.3 is 0 Å². The number of nitrogens with zero attached hydrogens (tertiary/aromatic N) is 2. The van der Waals surface area contributed by atoms with Crippen LogP contribution in [0, 0.1) is 23.2 Å². The molecule has 1 aromatic rings. The molecule has 4 atom stereocenters. The quantitative estimate of drug-likeness (QED) is 0.869. The topological polar surface area (TPSA) is 65.5 Å². The van der Waals surface area contributed by atoms with Crippen molar-refractivity contribution in [2.45, 2.75) is 39.5 Å². The Kier molecular flexibility index (Phi) is 3.22. The predicted molar refractivity (Wildman–Crippen MR) is 87.0 cm³/mol. The zero-order valence-corrected chi connectivity index (χ0v) is 13.7. The SMILES string of the molecule is CC1=NN(CC(=O)c2ccc[nH]2)C(=O)C1(C)C1CC2CCC1C2. The molecule has 2 heterocycles. The van der Waals surface area contributed by atoms with E-state index >= 15 is 0 Å². The molecule has 122 valence electrons. The lowest BCUT2D eigenvalue weighted by molar-refractivity contribution is -0.138. The van der Waals surface area contributed by atoms with Crippen molar-refractivity contribution in [3.8, 4) is 0 Å². The molecule has 5 heteroatoms. The van der Waals surface area contributed by atoms with Crippen LogP contribution in [0.3, 0.4) is 0 Å². The average molecular weight is 313 g/mol. The molecule has 0 saturated heterocycles. The van der Waals surface area contributed by atoms with Gasteiger partial charge in [0.25, 0.3) is 5.91 Å². The first-order valence-electron chi connectivity index (χ1n) is 8.54. The summed E-state index contributed by atoms with van der Waals surface area (Å²) >= 11 is 0. The van der Waals surface area contributed by atoms with Crippen LogP contribution in [0.25, 0.3) is 0 Å². The number of hydrogen-bond donors (Lipinski definition) is 1. The van der Waals surface area contributed by atoms with Crippen LogP contribution in [-0.4, -0.2) is 33.9 Å². The highest BCUT2D eigenvalue weighted by Gasteiger charge is 2.57. The van der Waals surface area contributed by atoms with E-state index in [1.807, 2.05) is 13.8 Å². The van der Waals surface area contributed by atoms with Gasteiger partial charge in [-0.15, -0.1) is 0 Å². The third-order valence-corrected chi connectivity index (χ3v) is 6.37. The monoisotopic (exact) mass is 313 g/mol. The summed E-state index contributed by atoms with van der Waals surface area (Å²) in [5.41, 5.74) is 0.883. The van der Waals surface area contributed by atoms with Gasteiger partial charge in [-0.2, -0.15) is 5.10 Å². The molecule has 1 amide bonds. The Morgan fingerprint density at radius 1 is 1.43 bits per heavy atom. The third-order valence-electron chi connectivity index (χ3n) is 6.37. The van der Waals surface area contributed by atoms with Crippen LogP contribution in [0.15, 0.2) is 23.4 Å². The number of Topliss-reactive ketones (excluding diaryl/α,β-unsaturated/α-hetero) is 1. The van der Waals surface area contributed by atoms with Gasteiger partial charge in [-0.1, -0.05) is 6.42 Å². The van der Waals surface area contributed by atoms with E-state index in [1.165, 1.54) is 24.3 Å². The van der Waals surface area contributed by atoms with E-state index in [2.05, 4.69) is 10.1 Å². The molecule has 0 spiro atoms. The number of H-pyrrole nitrogens is 1. The summed E-state index contributed by atoms with van der Waals surface area (Å²) in [7, 11) is 0. The maximum Gasteiger partial charge on any atom is 0.255 e. The fraction of sp³-hybridized carbons (Fsp3) is 0.611. The number of hydrazone groups is 1. The standard InChI is InChI=1S/C18H23N3O2/c1-11-18(2,14-9-12-5-6-13(14)8-12)17(23)21(20-11)10-16(22)15-4-3-7-19-15/h3-4,7,12-14,19H,5-6,8-10H2,1-2H3. The summed E-state index contributed by atoms with van der Waals surface area (Å²) in [6.07, 6.45) is 6.68. The summed E-state index contributed by atoms with van der Waals surface area (Å²) in [5, 5.41) is 5.86. The van der Waals surface area contributed by atoms with Crippen LogP contribution in [0.4, 0.5) is 0 Å². The number of aromatic nitrogens is 1. The molecule has 4 unspecified atom stereocenters. The van der Waals surface area contributed by atoms with Crippen molar-refractivity contribution < 1.29 is 9.59 Å². The summed E-state index contributed by atoms with van der Waals surface area (Å²) in [6.45, 7) is 4.01. The Labute approximate surface area is 136 Å². The van der Waals surface area contributed by atoms with Gasteiger partial charge < -0.3 is 4.98 Å². The zero-order valence-electron chi connectivity index (χ0n) is 13.7. The van der Waals surface area contributed by atoms with Crippen LogP contribution in [0.2, 0.25) is 0 Å². The summed E-state index contributed by atoms with van der Waals surface area (Å²) in [4.78, 5) is 28.2. The lowest BCUT2D eigenvalue weighted by Gasteiger charge is -2.35. The molecule has 2 bridgehead atoms. The van der Waals surface area contributed by atoms with E-state index in [0.29, 0.717) is 17.5 Å². The smallest absolute Gasteiger partial charge is 0.255 e. The number of carbonyl (C=O) groups is 2. The number of aromatic amines is 1. The highest BCUT2D eigenvalue weighted by atomic mass is 16.2. The number of hydrogen-bond acceptors (Lipinski definition) is 3. The second-order valence-electron chi connectivity index (χ2n) is 7.54. The van der Waals surface area contributed by atoms with E-state index in [1.54, 1.807) is 18.3 Å². The molecule has 1 aliphatic heterocycles. The number of amides is 1. The Morgan fingerprint density at radius 3 is 2.87 bits per heavy atom. The van der Waals surface area contributed by atoms with Crippen molar-refractivity contribution in [1.82, 2.24) is 9.99 Å². The van der Waals surface area contributed by atoms with Gasteiger partial charge in [-0.25, -0.2) is 5.01 Å². The van der Waals surface area contributed by atoms with Crippen molar-refractivity contribution >= 4 is 17.4 Å². The van der Waals surface area contributed by atoms with Gasteiger partial charge in [0, 0.05) is 6.20 Å². The van der Waals surface area contributed by atoms with Crippen molar-refractivity contribution in [3.63, 3.8) is 0 Å². The van der Waals surface area contributed by atoms with Gasteiger partial charge in [0.05, 0.1) is 16.8 Å². The van der Waals surface area contributed by atoms with E-state index < -0.39 is 5.41 Å². The second-order valence-corrected chi connectivity index (χ2v) is 7.54. The minimum Gasteiger partial charge on any atom is -0.359 e. The first-order valence-corrected chi connectivity index (χ1v) is 8.54. The zero-order chi connectivity index (χ0) is 16.2. The molecule has 5 nitrogen and oxygen atoms in total. The fourth-order valence-corrected chi connectivity index (χ4v) is 4.96. The molecule has 3 aliphatic rings.